The topological polar surface area (TPSA) is 42.0 Å². The Morgan fingerprint density at radius 3 is 2.74 bits per heavy atom. The third kappa shape index (κ3) is 4.83. The fourth-order valence-electron chi connectivity index (χ4n) is 1.82. The molecule has 0 unspecified atom stereocenters. The second kappa shape index (κ2) is 7.04. The lowest BCUT2D eigenvalue weighted by molar-refractivity contribution is -0.121. The number of rotatable bonds is 6. The third-order valence-electron chi connectivity index (χ3n) is 2.81. The number of aryl methyl sites for hydroxylation is 2. The van der Waals surface area contributed by atoms with Crippen molar-refractivity contribution in [2.45, 2.75) is 26.2 Å². The summed E-state index contributed by atoms with van der Waals surface area (Å²) in [7, 11) is 0. The van der Waals surface area contributed by atoms with Gasteiger partial charge in [0.15, 0.2) is 0 Å². The molecule has 1 aromatic heterocycles. The summed E-state index contributed by atoms with van der Waals surface area (Å²) in [6, 6.07) is 10.2. The predicted octanol–water partition coefficient (Wildman–Crippen LogP) is 2.74. The van der Waals surface area contributed by atoms with Crippen LogP contribution in [-0.2, 0) is 17.6 Å². The van der Waals surface area contributed by atoms with E-state index in [0.29, 0.717) is 13.0 Å². The van der Waals surface area contributed by atoms with Gasteiger partial charge in [0, 0.05) is 30.5 Å². The van der Waals surface area contributed by atoms with E-state index in [1.54, 1.807) is 11.3 Å². The first kappa shape index (κ1) is 13.7. The molecule has 0 saturated heterocycles. The number of aromatic nitrogens is 1. The van der Waals surface area contributed by atoms with E-state index < -0.39 is 0 Å². The van der Waals surface area contributed by atoms with E-state index in [4.69, 9.17) is 0 Å². The van der Waals surface area contributed by atoms with Crippen molar-refractivity contribution in [3.05, 3.63) is 52.0 Å². The van der Waals surface area contributed by atoms with E-state index in [1.807, 2.05) is 30.5 Å². The molecule has 0 radical (unpaired) electrons. The minimum Gasteiger partial charge on any atom is -0.356 e. The zero-order valence-electron chi connectivity index (χ0n) is 11.1. The van der Waals surface area contributed by atoms with E-state index in [9.17, 15) is 4.79 Å². The molecule has 2 aromatic rings. The van der Waals surface area contributed by atoms with Gasteiger partial charge in [0.25, 0.3) is 0 Å². The van der Waals surface area contributed by atoms with Crippen LogP contribution in [0.15, 0.2) is 35.7 Å². The zero-order valence-corrected chi connectivity index (χ0v) is 11.9. The first-order chi connectivity index (χ1) is 9.24. The SMILES string of the molecule is Cc1csc(CCC(=O)NCCc2ccccc2)n1. The van der Waals surface area contributed by atoms with Crippen LogP contribution in [0.3, 0.4) is 0 Å². The lowest BCUT2D eigenvalue weighted by Crippen LogP contribution is -2.25. The molecule has 1 aromatic carbocycles. The third-order valence-corrected chi connectivity index (χ3v) is 3.84. The summed E-state index contributed by atoms with van der Waals surface area (Å²) in [5.74, 6) is 0.101. The molecule has 3 nitrogen and oxygen atoms in total. The highest BCUT2D eigenvalue weighted by Gasteiger charge is 2.04. The van der Waals surface area contributed by atoms with Crippen molar-refractivity contribution in [1.29, 1.82) is 0 Å². The highest BCUT2D eigenvalue weighted by molar-refractivity contribution is 7.09. The number of amides is 1. The average molecular weight is 274 g/mol. The van der Waals surface area contributed by atoms with E-state index >= 15 is 0 Å². The number of nitrogens with one attached hydrogen (secondary N) is 1. The summed E-state index contributed by atoms with van der Waals surface area (Å²) in [5, 5.41) is 6.00. The van der Waals surface area contributed by atoms with Crippen molar-refractivity contribution >= 4 is 17.2 Å². The lowest BCUT2D eigenvalue weighted by Gasteiger charge is -2.04. The molecule has 0 atom stereocenters. The van der Waals surface area contributed by atoms with Crippen LogP contribution in [0.1, 0.15) is 22.7 Å². The van der Waals surface area contributed by atoms with Crippen molar-refractivity contribution < 1.29 is 4.79 Å². The first-order valence-electron chi connectivity index (χ1n) is 6.45. The van der Waals surface area contributed by atoms with Crippen LogP contribution in [0.4, 0.5) is 0 Å². The highest BCUT2D eigenvalue weighted by atomic mass is 32.1. The first-order valence-corrected chi connectivity index (χ1v) is 7.33. The summed E-state index contributed by atoms with van der Waals surface area (Å²) in [5.41, 5.74) is 2.28. The fourth-order valence-corrected chi connectivity index (χ4v) is 2.59. The largest absolute Gasteiger partial charge is 0.356 e. The number of benzene rings is 1. The number of thiazole rings is 1. The maximum absolute atomic E-state index is 11.7. The molecule has 4 heteroatoms. The zero-order chi connectivity index (χ0) is 13.5. The van der Waals surface area contributed by atoms with Crippen LogP contribution in [0.25, 0.3) is 0 Å². The van der Waals surface area contributed by atoms with Crippen molar-refractivity contribution in [2.24, 2.45) is 0 Å². The van der Waals surface area contributed by atoms with Crippen molar-refractivity contribution in [3.63, 3.8) is 0 Å². The summed E-state index contributed by atoms with van der Waals surface area (Å²) in [6.07, 6.45) is 2.13. The molecule has 0 spiro atoms. The maximum atomic E-state index is 11.7. The van der Waals surface area contributed by atoms with Crippen molar-refractivity contribution in [2.75, 3.05) is 6.54 Å². The molecule has 1 amide bonds. The molecule has 2 rings (SSSR count). The van der Waals surface area contributed by atoms with Gasteiger partial charge in [-0.05, 0) is 18.9 Å². The quantitative estimate of drug-likeness (QED) is 0.880. The normalized spacial score (nSPS) is 10.4. The van der Waals surface area contributed by atoms with Crippen LogP contribution >= 0.6 is 11.3 Å². The fraction of sp³-hybridized carbons (Fsp3) is 0.333. The maximum Gasteiger partial charge on any atom is 0.220 e. The van der Waals surface area contributed by atoms with E-state index in [2.05, 4.69) is 22.4 Å². The molecule has 0 fully saturated rings. The Kier molecular flexibility index (Phi) is 5.10. The van der Waals surface area contributed by atoms with E-state index in [1.165, 1.54) is 5.56 Å². The number of carbonyl (C=O) groups excluding carboxylic acids is 1. The molecular weight excluding hydrogens is 256 g/mol. The number of hydrogen-bond acceptors (Lipinski definition) is 3. The molecule has 0 aliphatic heterocycles. The Labute approximate surface area is 117 Å². The van der Waals surface area contributed by atoms with Crippen LogP contribution in [0, 0.1) is 6.92 Å². The van der Waals surface area contributed by atoms with Gasteiger partial charge in [-0.15, -0.1) is 11.3 Å². The van der Waals surface area contributed by atoms with Gasteiger partial charge < -0.3 is 5.32 Å². The summed E-state index contributed by atoms with van der Waals surface area (Å²) in [6.45, 7) is 2.67. The van der Waals surface area contributed by atoms with Gasteiger partial charge in [-0.3, -0.25) is 4.79 Å². The van der Waals surface area contributed by atoms with Gasteiger partial charge in [0.05, 0.1) is 5.01 Å². The van der Waals surface area contributed by atoms with Gasteiger partial charge >= 0.3 is 0 Å². The number of nitrogens with zero attached hydrogens (tertiary/aromatic N) is 1. The molecule has 1 N–H and O–H groups in total. The van der Waals surface area contributed by atoms with Gasteiger partial charge in [-0.2, -0.15) is 0 Å². The van der Waals surface area contributed by atoms with Gasteiger partial charge in [-0.25, -0.2) is 4.98 Å². The van der Waals surface area contributed by atoms with Crippen LogP contribution in [-0.4, -0.2) is 17.4 Å². The van der Waals surface area contributed by atoms with Crippen LogP contribution < -0.4 is 5.32 Å². The average Bonchev–Trinajstić information content (AvgIpc) is 2.83. The smallest absolute Gasteiger partial charge is 0.220 e. The monoisotopic (exact) mass is 274 g/mol. The Morgan fingerprint density at radius 1 is 1.26 bits per heavy atom. The second-order valence-electron chi connectivity index (χ2n) is 4.47. The number of carbonyl (C=O) groups is 1. The Balaban J connectivity index is 1.65. The molecule has 1 heterocycles. The molecule has 0 bridgehead atoms. The Morgan fingerprint density at radius 2 is 2.05 bits per heavy atom. The molecule has 0 saturated carbocycles. The van der Waals surface area contributed by atoms with E-state index in [-0.39, 0.29) is 5.91 Å². The van der Waals surface area contributed by atoms with Crippen LogP contribution in [0.2, 0.25) is 0 Å². The van der Waals surface area contributed by atoms with Gasteiger partial charge in [-0.1, -0.05) is 30.3 Å². The van der Waals surface area contributed by atoms with Crippen LogP contribution in [0.5, 0.6) is 0 Å². The van der Waals surface area contributed by atoms with E-state index in [0.717, 1.165) is 23.5 Å². The lowest BCUT2D eigenvalue weighted by atomic mass is 10.1. The summed E-state index contributed by atoms with van der Waals surface area (Å²) < 4.78 is 0. The van der Waals surface area contributed by atoms with Crippen molar-refractivity contribution in [3.8, 4) is 0 Å². The molecule has 0 aliphatic rings. The standard InChI is InChI=1S/C15H18N2OS/c1-12-11-19-15(17-12)8-7-14(18)16-10-9-13-5-3-2-4-6-13/h2-6,11H,7-10H2,1H3,(H,16,18). The predicted molar refractivity (Wildman–Crippen MR) is 78.3 cm³/mol. The highest BCUT2D eigenvalue weighted by Crippen LogP contribution is 2.10. The summed E-state index contributed by atoms with van der Waals surface area (Å²) in [4.78, 5) is 16.0. The minimum atomic E-state index is 0.101. The van der Waals surface area contributed by atoms with Gasteiger partial charge in [0.1, 0.15) is 0 Å². The Bertz CT molecular complexity index is 522. The van der Waals surface area contributed by atoms with Gasteiger partial charge in [0.2, 0.25) is 5.91 Å². The second-order valence-corrected chi connectivity index (χ2v) is 5.41. The summed E-state index contributed by atoms with van der Waals surface area (Å²) >= 11 is 1.62. The molecular formula is C15H18N2OS. The Hall–Kier alpha value is -1.68. The minimum absolute atomic E-state index is 0.101. The molecule has 0 aliphatic carbocycles. The van der Waals surface area contributed by atoms with Crippen molar-refractivity contribution in [1.82, 2.24) is 10.3 Å². The molecule has 100 valence electrons. The number of hydrogen-bond donors (Lipinski definition) is 1. The molecule has 19 heavy (non-hydrogen) atoms.